The van der Waals surface area contributed by atoms with Gasteiger partial charge in [0.05, 0.1) is 7.11 Å². The predicted octanol–water partition coefficient (Wildman–Crippen LogP) is 4.06. The Morgan fingerprint density at radius 3 is 2.39 bits per heavy atom. The highest BCUT2D eigenvalue weighted by molar-refractivity contribution is 9.10. The van der Waals surface area contributed by atoms with Crippen molar-refractivity contribution in [3.05, 3.63) is 58.1 Å². The van der Waals surface area contributed by atoms with Crippen LogP contribution in [0.5, 0.6) is 5.75 Å². The lowest BCUT2D eigenvalue weighted by molar-refractivity contribution is 0.402. The highest BCUT2D eigenvalue weighted by Gasteiger charge is 2.22. The van der Waals surface area contributed by atoms with Gasteiger partial charge in [-0.15, -0.1) is 0 Å². The summed E-state index contributed by atoms with van der Waals surface area (Å²) in [5.74, 6) is 0.314. The van der Waals surface area contributed by atoms with Crippen molar-refractivity contribution in [3.8, 4) is 5.75 Å². The van der Waals surface area contributed by atoms with E-state index in [1.807, 2.05) is 31.2 Å². The highest BCUT2D eigenvalue weighted by Crippen LogP contribution is 2.28. The molecule has 0 heterocycles. The Labute approximate surface area is 146 Å². The van der Waals surface area contributed by atoms with Crippen molar-refractivity contribution >= 4 is 26.0 Å². The Hall–Kier alpha value is -1.37. The van der Waals surface area contributed by atoms with Crippen LogP contribution in [0, 0.1) is 0 Å². The van der Waals surface area contributed by atoms with E-state index < -0.39 is 10.0 Å². The smallest absolute Gasteiger partial charge is 0.244 e. The number of hydrogen-bond donors (Lipinski definition) is 1. The van der Waals surface area contributed by atoms with Crippen molar-refractivity contribution < 1.29 is 13.2 Å². The fourth-order valence-electron chi connectivity index (χ4n) is 2.27. The molecule has 0 unspecified atom stereocenters. The average Bonchev–Trinajstić information content (AvgIpc) is 2.54. The summed E-state index contributed by atoms with van der Waals surface area (Å²) >= 11 is 3.30. The first-order valence-corrected chi connectivity index (χ1v) is 9.59. The van der Waals surface area contributed by atoms with E-state index in [0.717, 1.165) is 12.0 Å². The van der Waals surface area contributed by atoms with E-state index in [2.05, 4.69) is 27.6 Å². The van der Waals surface area contributed by atoms with Gasteiger partial charge in [0, 0.05) is 10.5 Å². The van der Waals surface area contributed by atoms with E-state index in [1.54, 1.807) is 12.1 Å². The number of rotatable bonds is 6. The minimum absolute atomic E-state index is 0.117. The molecule has 1 atom stereocenters. The van der Waals surface area contributed by atoms with Crippen LogP contribution in [0.2, 0.25) is 0 Å². The number of nitrogens with one attached hydrogen (secondary N) is 1. The van der Waals surface area contributed by atoms with Crippen LogP contribution in [0.3, 0.4) is 0 Å². The zero-order valence-electron chi connectivity index (χ0n) is 13.3. The molecule has 0 aliphatic carbocycles. The lowest BCUT2D eigenvalue weighted by Crippen LogP contribution is -2.27. The van der Waals surface area contributed by atoms with E-state index in [9.17, 15) is 8.42 Å². The molecule has 0 saturated carbocycles. The first-order chi connectivity index (χ1) is 10.9. The fourth-order valence-corrected chi connectivity index (χ4v) is 4.21. The van der Waals surface area contributed by atoms with Gasteiger partial charge in [-0.1, -0.05) is 47.1 Å². The lowest BCUT2D eigenvalue weighted by Gasteiger charge is -2.17. The minimum atomic E-state index is -3.69. The summed E-state index contributed by atoms with van der Waals surface area (Å²) in [6.07, 6.45) is 0.954. The van der Waals surface area contributed by atoms with Crippen LogP contribution < -0.4 is 9.46 Å². The van der Waals surface area contributed by atoms with Gasteiger partial charge in [0.15, 0.2) is 0 Å². The molecule has 0 aliphatic rings. The third-order valence-corrected chi connectivity index (χ3v) is 5.69. The number of sulfonamides is 1. The summed E-state index contributed by atoms with van der Waals surface area (Å²) in [5, 5.41) is 0. The number of ether oxygens (including phenoxy) is 1. The van der Waals surface area contributed by atoms with Crippen LogP contribution in [0.1, 0.15) is 31.0 Å². The maximum absolute atomic E-state index is 12.7. The number of aryl methyl sites for hydroxylation is 1. The van der Waals surface area contributed by atoms with Gasteiger partial charge in [-0.3, -0.25) is 0 Å². The van der Waals surface area contributed by atoms with Gasteiger partial charge in [0.1, 0.15) is 10.6 Å². The van der Waals surface area contributed by atoms with Crippen molar-refractivity contribution in [2.24, 2.45) is 0 Å². The Morgan fingerprint density at radius 1 is 1.17 bits per heavy atom. The van der Waals surface area contributed by atoms with Crippen LogP contribution in [-0.2, 0) is 16.4 Å². The van der Waals surface area contributed by atoms with Gasteiger partial charge in [0.25, 0.3) is 0 Å². The molecule has 0 fully saturated rings. The Balaban J connectivity index is 2.28. The van der Waals surface area contributed by atoms with Crippen LogP contribution in [0.15, 0.2) is 51.8 Å². The third kappa shape index (κ3) is 4.34. The molecule has 0 aromatic heterocycles. The molecule has 0 amide bonds. The van der Waals surface area contributed by atoms with E-state index in [1.165, 1.54) is 18.7 Å². The molecule has 6 heteroatoms. The second-order valence-electron chi connectivity index (χ2n) is 5.23. The molecular formula is C17H20BrNO3S. The van der Waals surface area contributed by atoms with Crippen LogP contribution in [0.4, 0.5) is 0 Å². The Kier molecular flexibility index (Phi) is 5.84. The quantitative estimate of drug-likeness (QED) is 0.799. The van der Waals surface area contributed by atoms with Crippen LogP contribution in [0.25, 0.3) is 0 Å². The topological polar surface area (TPSA) is 55.4 Å². The van der Waals surface area contributed by atoms with Crippen LogP contribution in [-0.4, -0.2) is 15.5 Å². The molecule has 23 heavy (non-hydrogen) atoms. The largest absolute Gasteiger partial charge is 0.495 e. The lowest BCUT2D eigenvalue weighted by atomic mass is 10.1. The Bertz CT molecular complexity index is 773. The predicted molar refractivity (Wildman–Crippen MR) is 95.3 cm³/mol. The van der Waals surface area contributed by atoms with E-state index in [0.29, 0.717) is 10.2 Å². The van der Waals surface area contributed by atoms with Gasteiger partial charge in [-0.2, -0.15) is 0 Å². The molecule has 0 spiro atoms. The summed E-state index contributed by atoms with van der Waals surface area (Å²) in [6, 6.07) is 12.5. The normalized spacial score (nSPS) is 12.9. The van der Waals surface area contributed by atoms with E-state index in [-0.39, 0.29) is 10.9 Å². The first kappa shape index (κ1) is 18.0. The number of halogens is 1. The second kappa shape index (κ2) is 7.47. The summed E-state index contributed by atoms with van der Waals surface area (Å²) in [6.45, 7) is 3.91. The molecule has 1 N–H and O–H groups in total. The monoisotopic (exact) mass is 397 g/mol. The van der Waals surface area contributed by atoms with Crippen LogP contribution >= 0.6 is 15.9 Å². The zero-order valence-corrected chi connectivity index (χ0v) is 15.7. The van der Waals surface area contributed by atoms with Gasteiger partial charge < -0.3 is 4.74 Å². The molecule has 2 rings (SSSR count). The molecule has 2 aromatic carbocycles. The average molecular weight is 398 g/mol. The second-order valence-corrected chi connectivity index (χ2v) is 7.83. The molecule has 2 aromatic rings. The van der Waals surface area contributed by atoms with Crippen molar-refractivity contribution in [1.29, 1.82) is 0 Å². The number of hydrogen-bond acceptors (Lipinski definition) is 3. The van der Waals surface area contributed by atoms with Crippen molar-refractivity contribution in [3.63, 3.8) is 0 Å². The summed E-state index contributed by atoms with van der Waals surface area (Å²) in [4.78, 5) is 0.117. The molecular weight excluding hydrogens is 378 g/mol. The minimum Gasteiger partial charge on any atom is -0.495 e. The summed E-state index contributed by atoms with van der Waals surface area (Å²) in [5.41, 5.74) is 2.14. The fraction of sp³-hybridized carbons (Fsp3) is 0.294. The van der Waals surface area contributed by atoms with Crippen molar-refractivity contribution in [2.45, 2.75) is 31.2 Å². The maximum Gasteiger partial charge on any atom is 0.244 e. The molecule has 124 valence electrons. The third-order valence-electron chi connectivity index (χ3n) is 3.64. The van der Waals surface area contributed by atoms with Gasteiger partial charge in [0.2, 0.25) is 10.0 Å². The molecule has 0 radical (unpaired) electrons. The summed E-state index contributed by atoms with van der Waals surface area (Å²) in [7, 11) is -2.24. The standard InChI is InChI=1S/C17H20BrNO3S/c1-4-13-5-7-14(8-6-13)12(2)19-23(20,21)17-11-15(18)9-10-16(17)22-3/h5-12,19H,4H2,1-3H3/t12-/m1/s1. The first-order valence-electron chi connectivity index (χ1n) is 7.32. The van der Waals surface area contributed by atoms with E-state index >= 15 is 0 Å². The summed E-state index contributed by atoms with van der Waals surface area (Å²) < 4.78 is 33.9. The molecule has 0 saturated heterocycles. The van der Waals surface area contributed by atoms with Gasteiger partial charge in [-0.25, -0.2) is 13.1 Å². The Morgan fingerprint density at radius 2 is 1.83 bits per heavy atom. The molecule has 4 nitrogen and oxygen atoms in total. The van der Waals surface area contributed by atoms with Gasteiger partial charge >= 0.3 is 0 Å². The molecule has 0 aliphatic heterocycles. The number of benzene rings is 2. The van der Waals surface area contributed by atoms with Crippen molar-refractivity contribution in [1.82, 2.24) is 4.72 Å². The van der Waals surface area contributed by atoms with E-state index in [4.69, 9.17) is 4.74 Å². The maximum atomic E-state index is 12.7. The SMILES string of the molecule is CCc1ccc([C@@H](C)NS(=O)(=O)c2cc(Br)ccc2OC)cc1. The highest BCUT2D eigenvalue weighted by atomic mass is 79.9. The zero-order chi connectivity index (χ0) is 17.0. The van der Waals surface area contributed by atoms with Gasteiger partial charge in [-0.05, 0) is 42.7 Å². The van der Waals surface area contributed by atoms with Crippen molar-refractivity contribution in [2.75, 3.05) is 7.11 Å². The number of methoxy groups -OCH3 is 1. The molecule has 0 bridgehead atoms.